The highest BCUT2D eigenvalue weighted by Crippen LogP contribution is 2.30. The molecule has 0 aliphatic heterocycles. The fourth-order valence-electron chi connectivity index (χ4n) is 1.51. The predicted octanol–water partition coefficient (Wildman–Crippen LogP) is 2.31. The van der Waals surface area contributed by atoms with Crippen molar-refractivity contribution in [2.24, 2.45) is 0 Å². The predicted molar refractivity (Wildman–Crippen MR) is 58.6 cm³/mol. The van der Waals surface area contributed by atoms with Crippen molar-refractivity contribution in [1.29, 1.82) is 0 Å². The van der Waals surface area contributed by atoms with E-state index in [2.05, 4.69) is 9.97 Å². The summed E-state index contributed by atoms with van der Waals surface area (Å²) in [5, 5.41) is 9.73. The molecule has 2 heterocycles. The van der Waals surface area contributed by atoms with Crippen LogP contribution < -0.4 is 0 Å². The van der Waals surface area contributed by atoms with Gasteiger partial charge < -0.3 is 5.11 Å². The molecule has 0 unspecified atom stereocenters. The first-order valence-corrected chi connectivity index (χ1v) is 5.30. The Labute approximate surface area is 90.6 Å². The molecule has 78 valence electrons. The Balaban J connectivity index is 2.94. The number of hydrogen-bond acceptors (Lipinski definition) is 4. The van der Waals surface area contributed by atoms with Crippen LogP contribution in [0, 0.1) is 20.8 Å². The number of fused-ring (bicyclic) bond motifs is 1. The lowest BCUT2D eigenvalue weighted by molar-refractivity contribution is 0.0692. The van der Waals surface area contributed by atoms with Gasteiger partial charge >= 0.3 is 5.97 Å². The second kappa shape index (κ2) is 3.27. The normalized spacial score (nSPS) is 10.9. The van der Waals surface area contributed by atoms with Gasteiger partial charge in [0, 0.05) is 10.3 Å². The molecule has 0 saturated carbocycles. The van der Waals surface area contributed by atoms with E-state index >= 15 is 0 Å². The van der Waals surface area contributed by atoms with E-state index < -0.39 is 5.97 Å². The third-order valence-electron chi connectivity index (χ3n) is 2.34. The Kier molecular flexibility index (Phi) is 2.19. The molecule has 0 fully saturated rings. The summed E-state index contributed by atoms with van der Waals surface area (Å²) in [4.78, 5) is 21.1. The van der Waals surface area contributed by atoms with Gasteiger partial charge in [0.2, 0.25) is 0 Å². The van der Waals surface area contributed by atoms with Gasteiger partial charge in [0.25, 0.3) is 0 Å². The maximum atomic E-state index is 11.0. The molecule has 0 amide bonds. The van der Waals surface area contributed by atoms with Gasteiger partial charge in [-0.1, -0.05) is 0 Å². The van der Waals surface area contributed by atoms with Crippen LogP contribution in [0.2, 0.25) is 0 Å². The SMILES string of the molecule is Cc1nc(C(=O)O)c2c(C)c(C)sc2n1. The number of nitrogens with zero attached hydrogens (tertiary/aromatic N) is 2. The van der Waals surface area contributed by atoms with Crippen LogP contribution in [0.15, 0.2) is 0 Å². The topological polar surface area (TPSA) is 63.1 Å². The van der Waals surface area contributed by atoms with Gasteiger partial charge in [-0.2, -0.15) is 0 Å². The maximum Gasteiger partial charge on any atom is 0.355 e. The fraction of sp³-hybridized carbons (Fsp3) is 0.300. The first-order chi connectivity index (χ1) is 7.00. The summed E-state index contributed by atoms with van der Waals surface area (Å²) in [5.41, 5.74) is 1.08. The minimum absolute atomic E-state index is 0.111. The van der Waals surface area contributed by atoms with Crippen molar-refractivity contribution in [2.45, 2.75) is 20.8 Å². The number of aromatic carboxylic acids is 1. The third-order valence-corrected chi connectivity index (χ3v) is 3.44. The molecule has 4 nitrogen and oxygen atoms in total. The summed E-state index contributed by atoms with van der Waals surface area (Å²) in [7, 11) is 0. The van der Waals surface area contributed by atoms with E-state index in [-0.39, 0.29) is 5.69 Å². The van der Waals surface area contributed by atoms with Crippen LogP contribution in [-0.4, -0.2) is 21.0 Å². The zero-order chi connectivity index (χ0) is 11.2. The molecule has 2 aromatic rings. The summed E-state index contributed by atoms with van der Waals surface area (Å²) in [6, 6.07) is 0. The van der Waals surface area contributed by atoms with Crippen molar-refractivity contribution >= 4 is 27.5 Å². The first kappa shape index (κ1) is 10.0. The average Bonchev–Trinajstić information content (AvgIpc) is 2.41. The van der Waals surface area contributed by atoms with Gasteiger partial charge in [0.05, 0.1) is 0 Å². The Hall–Kier alpha value is -1.49. The number of aryl methyl sites for hydroxylation is 3. The second-order valence-corrected chi connectivity index (χ2v) is 4.59. The molecular formula is C10H10N2O2S. The zero-order valence-electron chi connectivity index (χ0n) is 8.66. The minimum Gasteiger partial charge on any atom is -0.476 e. The molecule has 2 aromatic heterocycles. The van der Waals surface area contributed by atoms with Crippen molar-refractivity contribution in [2.75, 3.05) is 0 Å². The molecular weight excluding hydrogens is 212 g/mol. The highest BCUT2D eigenvalue weighted by molar-refractivity contribution is 7.18. The van der Waals surface area contributed by atoms with E-state index in [1.807, 2.05) is 13.8 Å². The van der Waals surface area contributed by atoms with Crippen molar-refractivity contribution in [3.63, 3.8) is 0 Å². The second-order valence-electron chi connectivity index (χ2n) is 3.39. The number of thiophene rings is 1. The number of aromatic nitrogens is 2. The van der Waals surface area contributed by atoms with Crippen LogP contribution in [-0.2, 0) is 0 Å². The molecule has 0 radical (unpaired) electrons. The van der Waals surface area contributed by atoms with Gasteiger partial charge in [-0.3, -0.25) is 0 Å². The standard InChI is InChI=1S/C10H10N2O2S/c1-4-5(2)15-9-7(4)8(10(13)14)11-6(3)12-9/h1-3H3,(H,13,14). The lowest BCUT2D eigenvalue weighted by atomic mass is 10.1. The number of carboxylic acids is 1. The monoisotopic (exact) mass is 222 g/mol. The van der Waals surface area contributed by atoms with Gasteiger partial charge in [-0.15, -0.1) is 11.3 Å². The van der Waals surface area contributed by atoms with E-state index in [1.165, 1.54) is 11.3 Å². The summed E-state index contributed by atoms with van der Waals surface area (Å²) in [6.07, 6.45) is 0. The number of carboxylic acid groups (broad SMARTS) is 1. The highest BCUT2D eigenvalue weighted by atomic mass is 32.1. The molecule has 2 rings (SSSR count). The van der Waals surface area contributed by atoms with E-state index in [9.17, 15) is 4.79 Å². The number of rotatable bonds is 1. The Morgan fingerprint density at radius 3 is 2.53 bits per heavy atom. The summed E-state index contributed by atoms with van der Waals surface area (Å²) in [6.45, 7) is 5.57. The van der Waals surface area contributed by atoms with E-state index in [0.717, 1.165) is 15.3 Å². The minimum atomic E-state index is -0.994. The van der Waals surface area contributed by atoms with Crippen LogP contribution in [0.1, 0.15) is 26.8 Å². The Morgan fingerprint density at radius 2 is 1.93 bits per heavy atom. The van der Waals surface area contributed by atoms with E-state index in [1.54, 1.807) is 6.92 Å². The highest BCUT2D eigenvalue weighted by Gasteiger charge is 2.17. The molecule has 0 aliphatic rings. The van der Waals surface area contributed by atoms with Crippen LogP contribution in [0.5, 0.6) is 0 Å². The van der Waals surface area contributed by atoms with Gasteiger partial charge in [-0.05, 0) is 26.3 Å². The smallest absolute Gasteiger partial charge is 0.355 e. The van der Waals surface area contributed by atoms with E-state index in [4.69, 9.17) is 5.11 Å². The van der Waals surface area contributed by atoms with Crippen LogP contribution in [0.4, 0.5) is 0 Å². The largest absolute Gasteiger partial charge is 0.476 e. The molecule has 5 heteroatoms. The molecule has 0 aromatic carbocycles. The molecule has 15 heavy (non-hydrogen) atoms. The summed E-state index contributed by atoms with van der Waals surface area (Å²) in [5.74, 6) is -0.493. The maximum absolute atomic E-state index is 11.0. The van der Waals surface area contributed by atoms with Crippen molar-refractivity contribution in [1.82, 2.24) is 9.97 Å². The van der Waals surface area contributed by atoms with Crippen molar-refractivity contribution in [3.8, 4) is 0 Å². The summed E-state index contributed by atoms with van der Waals surface area (Å²) < 4.78 is 0. The molecule has 0 aliphatic carbocycles. The lowest BCUT2D eigenvalue weighted by Crippen LogP contribution is -2.04. The van der Waals surface area contributed by atoms with Gasteiger partial charge in [0.15, 0.2) is 5.69 Å². The quantitative estimate of drug-likeness (QED) is 0.804. The van der Waals surface area contributed by atoms with Crippen LogP contribution in [0.25, 0.3) is 10.2 Å². The zero-order valence-corrected chi connectivity index (χ0v) is 9.47. The van der Waals surface area contributed by atoms with Crippen LogP contribution in [0.3, 0.4) is 0 Å². The molecule has 0 spiro atoms. The molecule has 1 N–H and O–H groups in total. The average molecular weight is 222 g/mol. The van der Waals surface area contributed by atoms with Crippen molar-refractivity contribution in [3.05, 3.63) is 22.0 Å². The number of carbonyl (C=O) groups is 1. The Bertz CT molecular complexity index is 560. The number of hydrogen-bond donors (Lipinski definition) is 1. The molecule has 0 bridgehead atoms. The van der Waals surface area contributed by atoms with Crippen molar-refractivity contribution < 1.29 is 9.90 Å². The van der Waals surface area contributed by atoms with E-state index in [0.29, 0.717) is 11.2 Å². The third kappa shape index (κ3) is 1.48. The van der Waals surface area contributed by atoms with Crippen LogP contribution >= 0.6 is 11.3 Å². The summed E-state index contributed by atoms with van der Waals surface area (Å²) >= 11 is 1.51. The van der Waals surface area contributed by atoms with Gasteiger partial charge in [0.1, 0.15) is 10.7 Å². The molecule has 0 atom stereocenters. The first-order valence-electron chi connectivity index (χ1n) is 4.48. The molecule has 0 saturated heterocycles. The van der Waals surface area contributed by atoms with Gasteiger partial charge in [-0.25, -0.2) is 14.8 Å². The lowest BCUT2D eigenvalue weighted by Gasteiger charge is -1.99. The Morgan fingerprint density at radius 1 is 1.27 bits per heavy atom. The fourth-order valence-corrected chi connectivity index (χ4v) is 2.59.